The topological polar surface area (TPSA) is 180 Å². The Kier molecular flexibility index (Phi) is 11.5. The molecular formula is C39H54N6O8S. The highest BCUT2D eigenvalue weighted by Crippen LogP contribution is 2.42. The van der Waals surface area contributed by atoms with Gasteiger partial charge in [-0.15, -0.1) is 0 Å². The molecule has 5 amide bonds. The number of fused-ring (bicyclic) bond motifs is 4. The molecule has 1 saturated heterocycles. The molecule has 1 aromatic heterocycles. The molecule has 5 atom stereocenters. The summed E-state index contributed by atoms with van der Waals surface area (Å²) in [6.45, 7) is 7.40. The van der Waals surface area contributed by atoms with Gasteiger partial charge in [0.1, 0.15) is 46.2 Å². The molecule has 54 heavy (non-hydrogen) atoms. The summed E-state index contributed by atoms with van der Waals surface area (Å²) in [6, 6.07) is 2.58. The second-order valence-electron chi connectivity index (χ2n) is 16.0. The molecule has 4 aliphatic rings. The maximum Gasteiger partial charge on any atom is 0.317 e. The molecule has 14 nitrogen and oxygen atoms in total. The fourth-order valence-electron chi connectivity index (χ4n) is 7.49. The van der Waals surface area contributed by atoms with Crippen molar-refractivity contribution in [2.75, 3.05) is 20.6 Å². The van der Waals surface area contributed by atoms with Gasteiger partial charge in [-0.05, 0) is 84.8 Å². The van der Waals surface area contributed by atoms with Gasteiger partial charge >= 0.3 is 6.03 Å². The number of rotatable bonds is 8. The third-order valence-electron chi connectivity index (χ3n) is 11.1. The van der Waals surface area contributed by atoms with E-state index in [0.717, 1.165) is 37.7 Å². The van der Waals surface area contributed by atoms with Gasteiger partial charge in [-0.3, -0.25) is 19.1 Å². The molecule has 2 bridgehead atoms. The highest BCUT2D eigenvalue weighted by molar-refractivity contribution is 7.85. The molecule has 4 N–H and O–H groups in total. The highest BCUT2D eigenvalue weighted by atomic mass is 32.2. The first-order chi connectivity index (χ1) is 25.6. The van der Waals surface area contributed by atoms with Crippen LogP contribution in [0, 0.1) is 6.92 Å². The predicted octanol–water partition coefficient (Wildman–Crippen LogP) is 4.29. The molecule has 0 radical (unpaired) electrons. The second-order valence-corrected chi connectivity index (χ2v) is 17.7. The van der Waals surface area contributed by atoms with Crippen LogP contribution in [-0.4, -0.2) is 103 Å². The number of hydrogen-bond acceptors (Lipinski definition) is 9. The number of aromatic nitrogens is 1. The normalized spacial score (nSPS) is 27.1. The summed E-state index contributed by atoms with van der Waals surface area (Å²) in [4.78, 5) is 63.6. The van der Waals surface area contributed by atoms with Crippen molar-refractivity contribution in [3.8, 4) is 17.4 Å². The second kappa shape index (κ2) is 15.8. The van der Waals surface area contributed by atoms with E-state index in [1.54, 1.807) is 39.2 Å². The van der Waals surface area contributed by atoms with Gasteiger partial charge in [-0.2, -0.15) is 0 Å². The van der Waals surface area contributed by atoms with E-state index < -0.39 is 63.2 Å². The molecule has 6 rings (SSSR count). The van der Waals surface area contributed by atoms with Crippen molar-refractivity contribution >= 4 is 45.6 Å². The Morgan fingerprint density at radius 2 is 1.91 bits per heavy atom. The van der Waals surface area contributed by atoms with E-state index in [1.165, 1.54) is 9.80 Å². The van der Waals surface area contributed by atoms with Crippen molar-refractivity contribution in [3.05, 3.63) is 35.4 Å². The quantitative estimate of drug-likeness (QED) is 0.286. The minimum absolute atomic E-state index is 0.0270. The van der Waals surface area contributed by atoms with Crippen LogP contribution >= 0.6 is 0 Å². The predicted molar refractivity (Wildman–Crippen MR) is 204 cm³/mol. The number of aryl methyl sites for hydroxylation is 1. The highest BCUT2D eigenvalue weighted by Gasteiger charge is 2.51. The lowest BCUT2D eigenvalue weighted by molar-refractivity contribution is -0.142. The summed E-state index contributed by atoms with van der Waals surface area (Å²) in [5, 5.41) is 17.0. The number of allylic oxidation sites excluding steroid dienone is 1. The lowest BCUT2D eigenvalue weighted by atomic mass is 9.95. The number of amides is 5. The molecule has 2 aromatic rings. The smallest absolute Gasteiger partial charge is 0.317 e. The molecule has 2 aliphatic heterocycles. The fraction of sp³-hybridized carbons (Fsp3) is 0.615. The van der Waals surface area contributed by atoms with Gasteiger partial charge in [0, 0.05) is 44.0 Å². The van der Waals surface area contributed by atoms with Crippen molar-refractivity contribution in [1.82, 2.24) is 30.1 Å². The van der Waals surface area contributed by atoms with Crippen molar-refractivity contribution in [1.29, 1.82) is 0 Å². The zero-order valence-electron chi connectivity index (χ0n) is 32.2. The van der Waals surface area contributed by atoms with E-state index >= 15 is 0 Å². The lowest BCUT2D eigenvalue weighted by Gasteiger charge is -2.33. The molecule has 3 heterocycles. The summed E-state index contributed by atoms with van der Waals surface area (Å²) in [6.07, 6.45) is 7.63. The Balaban J connectivity index is 1.35. The number of benzene rings is 1. The fourth-order valence-corrected chi connectivity index (χ4v) is 8.57. The zero-order chi connectivity index (χ0) is 38.9. The van der Waals surface area contributed by atoms with Crippen LogP contribution in [-0.2, 0) is 25.4 Å². The molecule has 0 spiro atoms. The van der Waals surface area contributed by atoms with Gasteiger partial charge in [0.05, 0.1) is 22.9 Å². The van der Waals surface area contributed by atoms with E-state index in [-0.39, 0.29) is 31.2 Å². The Labute approximate surface area is 319 Å². The third-order valence-corrected chi connectivity index (χ3v) is 12.7. The summed E-state index contributed by atoms with van der Waals surface area (Å²) >= 11 is 0. The largest absolute Gasteiger partial charge is 0.508 e. The number of urea groups is 1. The maximum atomic E-state index is 14.6. The van der Waals surface area contributed by atoms with Crippen LogP contribution in [0.25, 0.3) is 10.9 Å². The van der Waals surface area contributed by atoms with Crippen LogP contribution in [0.15, 0.2) is 29.8 Å². The SMILES string of the molecule is Cc1c(O)ccc2c(O[C@@H]3C[C@H]4C(=O)N[C@]5(C(=O)NS(=O)C6(C)CC6)CC/C(=C/CCCCC[C@H](NC(=O)N(C)C)C(=O)N4C3)C5)cc(OC(C)C)nc12. The number of phenols is 1. The van der Waals surface area contributed by atoms with Crippen molar-refractivity contribution in [2.45, 2.75) is 133 Å². The molecular weight excluding hydrogens is 713 g/mol. The zero-order valence-corrected chi connectivity index (χ0v) is 33.0. The molecule has 1 aromatic carbocycles. The molecule has 2 saturated carbocycles. The van der Waals surface area contributed by atoms with Crippen LogP contribution in [0.2, 0.25) is 0 Å². The summed E-state index contributed by atoms with van der Waals surface area (Å²) in [5.41, 5.74) is 0.752. The van der Waals surface area contributed by atoms with Crippen LogP contribution in [0.4, 0.5) is 4.79 Å². The monoisotopic (exact) mass is 766 g/mol. The van der Waals surface area contributed by atoms with E-state index in [2.05, 4.69) is 26.4 Å². The molecule has 15 heteroatoms. The Morgan fingerprint density at radius 1 is 1.15 bits per heavy atom. The van der Waals surface area contributed by atoms with Gasteiger partial charge in [0.25, 0.3) is 5.91 Å². The van der Waals surface area contributed by atoms with Crippen molar-refractivity contribution in [3.63, 3.8) is 0 Å². The van der Waals surface area contributed by atoms with Gasteiger partial charge in [-0.25, -0.2) is 14.0 Å². The number of aromatic hydroxyl groups is 1. The van der Waals surface area contributed by atoms with Gasteiger partial charge in [0.2, 0.25) is 17.7 Å². The summed E-state index contributed by atoms with van der Waals surface area (Å²) in [7, 11) is 1.59. The van der Waals surface area contributed by atoms with E-state index in [9.17, 15) is 28.5 Å². The number of pyridine rings is 1. The maximum absolute atomic E-state index is 14.6. The average Bonchev–Trinajstić information content (AvgIpc) is 3.52. The Hall–Kier alpha value is -4.40. The average molecular weight is 767 g/mol. The number of phenolic OH excluding ortho intramolecular Hbond substituents is 1. The first-order valence-electron chi connectivity index (χ1n) is 19.1. The minimum atomic E-state index is -1.61. The first-order valence-corrected chi connectivity index (χ1v) is 20.2. The molecule has 2 aliphatic carbocycles. The van der Waals surface area contributed by atoms with Crippen LogP contribution in [0.1, 0.15) is 97.0 Å². The van der Waals surface area contributed by atoms with Gasteiger partial charge < -0.3 is 35.0 Å². The number of carbonyl (C=O) groups excluding carboxylic acids is 4. The summed E-state index contributed by atoms with van der Waals surface area (Å²) < 4.78 is 28.0. The Bertz CT molecular complexity index is 1860. The minimum Gasteiger partial charge on any atom is -0.508 e. The van der Waals surface area contributed by atoms with Crippen LogP contribution in [0.3, 0.4) is 0 Å². The number of nitrogens with zero attached hydrogens (tertiary/aromatic N) is 3. The van der Waals surface area contributed by atoms with E-state index in [0.29, 0.717) is 53.8 Å². The summed E-state index contributed by atoms with van der Waals surface area (Å²) in [5.74, 6) is -0.651. The number of ether oxygens (including phenoxy) is 2. The third kappa shape index (κ3) is 8.45. The van der Waals surface area contributed by atoms with Crippen LogP contribution < -0.4 is 24.8 Å². The molecule has 294 valence electrons. The van der Waals surface area contributed by atoms with Gasteiger partial charge in [0.15, 0.2) is 0 Å². The molecule has 1 unspecified atom stereocenters. The number of hydrogen-bond donors (Lipinski definition) is 4. The van der Waals surface area contributed by atoms with E-state index in [1.807, 2.05) is 20.8 Å². The number of nitrogens with one attached hydrogen (secondary N) is 3. The first kappa shape index (κ1) is 39.3. The van der Waals surface area contributed by atoms with E-state index in [4.69, 9.17) is 9.47 Å². The lowest BCUT2D eigenvalue weighted by Crippen LogP contribution is -2.62. The number of carbonyl (C=O) groups is 4. The van der Waals surface area contributed by atoms with Crippen LogP contribution in [0.5, 0.6) is 17.4 Å². The van der Waals surface area contributed by atoms with Gasteiger partial charge in [-0.1, -0.05) is 24.5 Å². The van der Waals surface area contributed by atoms with Crippen molar-refractivity contribution < 1.29 is 38.0 Å². The standard InChI is InChI=1S/C39H54N6O8S/c1-23(2)52-32-20-31(27-13-14-30(46)24(3)33(27)41-32)53-26-19-29-34(47)42-39(36(49)43-54(51)38(4)17-18-38)16-15-25(21-39)11-9-7-8-10-12-28(35(48)45(29)22-26)40-37(50)44(5)6/h11,13-14,20,23,26,28-29,46H,7-10,12,15-19,21-22H2,1-6H3,(H,40,50)(H,42,47)(H,43,49)/b25-11-/t26-,28+,29+,39-,54?/m1/s1. The molecule has 3 fully saturated rings. The Morgan fingerprint density at radius 3 is 2.61 bits per heavy atom. The van der Waals surface area contributed by atoms with Crippen molar-refractivity contribution in [2.24, 2.45) is 0 Å².